The number of rotatable bonds is 3. The molecular formula is C14H22N4O3. The molecule has 3 unspecified atom stereocenters. The van der Waals surface area contributed by atoms with Gasteiger partial charge in [0.05, 0.1) is 24.4 Å². The van der Waals surface area contributed by atoms with E-state index in [4.69, 9.17) is 5.73 Å². The first kappa shape index (κ1) is 14.4. The monoisotopic (exact) mass is 294 g/mol. The quantitative estimate of drug-likeness (QED) is 0.596. The highest BCUT2D eigenvalue weighted by atomic mass is 16.3. The first-order chi connectivity index (χ1) is 10.1. The number of aromatic nitrogens is 1. The molecule has 1 aromatic rings. The van der Waals surface area contributed by atoms with Crippen molar-refractivity contribution in [2.24, 2.45) is 0 Å². The van der Waals surface area contributed by atoms with E-state index in [-0.39, 0.29) is 12.6 Å². The SMILES string of the molecule is Nc1ccc(N2CC(O)CC2CO)nc1N1CCCC1O. The number of β-amino-alcohol motifs (C(OH)–C–C–N with tert-alkyl or cyclic N) is 1. The largest absolute Gasteiger partial charge is 0.396 e. The molecule has 3 rings (SSSR count). The van der Waals surface area contributed by atoms with Crippen molar-refractivity contribution >= 4 is 17.3 Å². The molecule has 7 heteroatoms. The van der Waals surface area contributed by atoms with Crippen LogP contribution in [0.15, 0.2) is 12.1 Å². The van der Waals surface area contributed by atoms with Crippen LogP contribution in [0.4, 0.5) is 17.3 Å². The van der Waals surface area contributed by atoms with Crippen LogP contribution in [0.25, 0.3) is 0 Å². The van der Waals surface area contributed by atoms with Gasteiger partial charge in [0.15, 0.2) is 5.82 Å². The lowest BCUT2D eigenvalue weighted by Gasteiger charge is -2.27. The standard InChI is InChI=1S/C14H22N4O3/c15-11-3-4-12(18-7-10(20)6-9(18)8-19)16-14(11)17-5-1-2-13(17)21/h3-4,9-10,13,19-21H,1-2,5-8,15H2. The van der Waals surface area contributed by atoms with Gasteiger partial charge in [-0.1, -0.05) is 0 Å². The second-order valence-electron chi connectivity index (χ2n) is 5.78. The van der Waals surface area contributed by atoms with Gasteiger partial charge in [0, 0.05) is 13.1 Å². The zero-order valence-electron chi connectivity index (χ0n) is 11.9. The molecule has 0 aliphatic carbocycles. The van der Waals surface area contributed by atoms with Gasteiger partial charge in [-0.2, -0.15) is 0 Å². The zero-order valence-corrected chi connectivity index (χ0v) is 11.9. The molecule has 1 aromatic heterocycles. The molecule has 7 nitrogen and oxygen atoms in total. The van der Waals surface area contributed by atoms with Crippen LogP contribution in [0.2, 0.25) is 0 Å². The third kappa shape index (κ3) is 2.64. The molecule has 2 aliphatic rings. The molecule has 0 aromatic carbocycles. The van der Waals surface area contributed by atoms with Crippen molar-refractivity contribution in [3.63, 3.8) is 0 Å². The van der Waals surface area contributed by atoms with Crippen molar-refractivity contribution in [3.05, 3.63) is 12.1 Å². The lowest BCUT2D eigenvalue weighted by atomic mass is 10.2. The van der Waals surface area contributed by atoms with Crippen molar-refractivity contribution in [2.75, 3.05) is 35.2 Å². The van der Waals surface area contributed by atoms with Gasteiger partial charge in [0.1, 0.15) is 12.0 Å². The second kappa shape index (κ2) is 5.67. The van der Waals surface area contributed by atoms with Crippen molar-refractivity contribution in [2.45, 2.75) is 37.6 Å². The number of nitrogens with zero attached hydrogens (tertiary/aromatic N) is 3. The number of hydrogen-bond acceptors (Lipinski definition) is 7. The Morgan fingerprint density at radius 3 is 2.76 bits per heavy atom. The fraction of sp³-hybridized carbons (Fsp3) is 0.643. The summed E-state index contributed by atoms with van der Waals surface area (Å²) in [4.78, 5) is 8.27. The summed E-state index contributed by atoms with van der Waals surface area (Å²) in [6.07, 6.45) is 1.15. The molecule has 0 bridgehead atoms. The average molecular weight is 294 g/mol. The molecule has 0 radical (unpaired) electrons. The van der Waals surface area contributed by atoms with Crippen molar-refractivity contribution in [1.82, 2.24) is 4.98 Å². The maximum atomic E-state index is 10.0. The molecule has 5 N–H and O–H groups in total. The Morgan fingerprint density at radius 1 is 1.29 bits per heavy atom. The Labute approximate surface area is 123 Å². The third-order valence-corrected chi connectivity index (χ3v) is 4.28. The summed E-state index contributed by atoms with van der Waals surface area (Å²) in [5, 5.41) is 29.2. The van der Waals surface area contributed by atoms with Gasteiger partial charge in [0.25, 0.3) is 0 Å². The molecule has 2 fully saturated rings. The number of pyridine rings is 1. The summed E-state index contributed by atoms with van der Waals surface area (Å²) >= 11 is 0. The van der Waals surface area contributed by atoms with Crippen LogP contribution in [-0.4, -0.2) is 58.4 Å². The van der Waals surface area contributed by atoms with E-state index >= 15 is 0 Å². The van der Waals surface area contributed by atoms with Gasteiger partial charge in [-0.05, 0) is 31.4 Å². The third-order valence-electron chi connectivity index (χ3n) is 4.28. The fourth-order valence-corrected chi connectivity index (χ4v) is 3.18. The molecule has 0 amide bonds. The zero-order chi connectivity index (χ0) is 15.0. The van der Waals surface area contributed by atoms with Gasteiger partial charge in [-0.15, -0.1) is 0 Å². The van der Waals surface area contributed by atoms with E-state index in [1.165, 1.54) is 0 Å². The molecule has 0 saturated carbocycles. The minimum absolute atomic E-state index is 0.0230. The molecule has 2 aliphatic heterocycles. The molecule has 3 atom stereocenters. The summed E-state index contributed by atoms with van der Waals surface area (Å²) in [5.41, 5.74) is 6.52. The van der Waals surface area contributed by atoms with Crippen LogP contribution >= 0.6 is 0 Å². The van der Waals surface area contributed by atoms with E-state index in [0.29, 0.717) is 36.7 Å². The maximum Gasteiger partial charge on any atom is 0.156 e. The fourth-order valence-electron chi connectivity index (χ4n) is 3.18. The van der Waals surface area contributed by atoms with Gasteiger partial charge in [-0.25, -0.2) is 4.98 Å². The number of aliphatic hydroxyl groups is 3. The number of nitrogens with two attached hydrogens (primary N) is 1. The maximum absolute atomic E-state index is 10.0. The Hall–Kier alpha value is -1.57. The molecule has 3 heterocycles. The van der Waals surface area contributed by atoms with E-state index in [9.17, 15) is 15.3 Å². The van der Waals surface area contributed by atoms with Crippen LogP contribution in [0, 0.1) is 0 Å². The number of aliphatic hydroxyl groups excluding tert-OH is 3. The summed E-state index contributed by atoms with van der Waals surface area (Å²) in [5.74, 6) is 1.25. The highest BCUT2D eigenvalue weighted by Gasteiger charge is 2.32. The average Bonchev–Trinajstić information content (AvgIpc) is 3.05. The Morgan fingerprint density at radius 2 is 2.10 bits per heavy atom. The molecule has 116 valence electrons. The molecule has 2 saturated heterocycles. The summed E-state index contributed by atoms with van der Waals surface area (Å²) in [6.45, 7) is 1.16. The smallest absolute Gasteiger partial charge is 0.156 e. The predicted octanol–water partition coefficient (Wildman–Crippen LogP) is -0.486. The van der Waals surface area contributed by atoms with Gasteiger partial charge < -0.3 is 30.9 Å². The minimum Gasteiger partial charge on any atom is -0.396 e. The van der Waals surface area contributed by atoms with Gasteiger partial charge >= 0.3 is 0 Å². The van der Waals surface area contributed by atoms with Crippen molar-refractivity contribution in [3.8, 4) is 0 Å². The van der Waals surface area contributed by atoms with Gasteiger partial charge in [-0.3, -0.25) is 0 Å². The number of nitrogen functional groups attached to an aromatic ring is 1. The van der Waals surface area contributed by atoms with E-state index < -0.39 is 12.3 Å². The number of hydrogen-bond donors (Lipinski definition) is 4. The van der Waals surface area contributed by atoms with Crippen molar-refractivity contribution in [1.29, 1.82) is 0 Å². The van der Waals surface area contributed by atoms with Crippen LogP contribution in [0.3, 0.4) is 0 Å². The van der Waals surface area contributed by atoms with Gasteiger partial charge in [0.2, 0.25) is 0 Å². The Balaban J connectivity index is 1.90. The molecule has 0 spiro atoms. The lowest BCUT2D eigenvalue weighted by Crippen LogP contribution is -2.34. The Kier molecular flexibility index (Phi) is 3.88. The van der Waals surface area contributed by atoms with E-state index in [2.05, 4.69) is 4.98 Å². The predicted molar refractivity (Wildman–Crippen MR) is 80.1 cm³/mol. The van der Waals surface area contributed by atoms with Crippen LogP contribution in [0.1, 0.15) is 19.3 Å². The van der Waals surface area contributed by atoms with Crippen LogP contribution < -0.4 is 15.5 Å². The lowest BCUT2D eigenvalue weighted by molar-refractivity contribution is 0.184. The normalized spacial score (nSPS) is 29.4. The van der Waals surface area contributed by atoms with Crippen LogP contribution in [-0.2, 0) is 0 Å². The highest BCUT2D eigenvalue weighted by Crippen LogP contribution is 2.32. The minimum atomic E-state index is -0.548. The topological polar surface area (TPSA) is 106 Å². The summed E-state index contributed by atoms with van der Waals surface area (Å²) < 4.78 is 0. The van der Waals surface area contributed by atoms with E-state index in [0.717, 1.165) is 13.0 Å². The van der Waals surface area contributed by atoms with E-state index in [1.54, 1.807) is 17.0 Å². The number of anilines is 3. The summed E-state index contributed by atoms with van der Waals surface area (Å²) in [7, 11) is 0. The molecule has 21 heavy (non-hydrogen) atoms. The highest BCUT2D eigenvalue weighted by molar-refractivity contribution is 5.67. The first-order valence-corrected chi connectivity index (χ1v) is 7.37. The summed E-state index contributed by atoms with van der Waals surface area (Å²) in [6, 6.07) is 3.43. The van der Waals surface area contributed by atoms with E-state index in [1.807, 2.05) is 4.90 Å². The van der Waals surface area contributed by atoms with Crippen LogP contribution in [0.5, 0.6) is 0 Å². The molecular weight excluding hydrogens is 272 g/mol. The van der Waals surface area contributed by atoms with Crippen molar-refractivity contribution < 1.29 is 15.3 Å². The second-order valence-corrected chi connectivity index (χ2v) is 5.78. The Bertz CT molecular complexity index is 513. The first-order valence-electron chi connectivity index (χ1n) is 7.37.